The van der Waals surface area contributed by atoms with Gasteiger partial charge in [0.2, 0.25) is 5.91 Å². The zero-order chi connectivity index (χ0) is 27.4. The van der Waals surface area contributed by atoms with Gasteiger partial charge in [-0.25, -0.2) is 0 Å². The van der Waals surface area contributed by atoms with Gasteiger partial charge in [-0.15, -0.1) is 11.8 Å². The van der Waals surface area contributed by atoms with Gasteiger partial charge in [-0.1, -0.05) is 61.9 Å². The zero-order valence-electron chi connectivity index (χ0n) is 22.2. The first-order valence-corrected chi connectivity index (χ1v) is 14.5. The SMILES string of the molecule is Cc1cccc(Cl)c1N1CC=C[C@]23S[C@]4(C)C=CCCOC(=O)[C@@H]4[C@H]2C(=O)N([C@@H](CO)CC(C)C)C3C1=O. The molecule has 1 unspecified atom stereocenters. The van der Waals surface area contributed by atoms with Gasteiger partial charge in [-0.05, 0) is 44.2 Å². The van der Waals surface area contributed by atoms with E-state index in [4.69, 9.17) is 16.3 Å². The molecule has 2 saturated heterocycles. The van der Waals surface area contributed by atoms with Crippen LogP contribution in [0.5, 0.6) is 0 Å². The van der Waals surface area contributed by atoms with E-state index in [2.05, 4.69) is 0 Å². The maximum Gasteiger partial charge on any atom is 0.311 e. The number of halogens is 1. The number of aliphatic hydroxyl groups is 1. The van der Waals surface area contributed by atoms with Gasteiger partial charge in [-0.2, -0.15) is 0 Å². The van der Waals surface area contributed by atoms with E-state index in [9.17, 15) is 19.5 Å². The number of hydrogen-bond donors (Lipinski definition) is 1. The van der Waals surface area contributed by atoms with Crippen LogP contribution in [0.1, 0.15) is 39.2 Å². The summed E-state index contributed by atoms with van der Waals surface area (Å²) < 4.78 is 3.87. The molecule has 0 aliphatic carbocycles. The number of cyclic esters (lactones) is 1. The van der Waals surface area contributed by atoms with Crippen LogP contribution < -0.4 is 4.90 Å². The van der Waals surface area contributed by atoms with Crippen LogP contribution in [-0.2, 0) is 19.1 Å². The van der Waals surface area contributed by atoms with Crippen LogP contribution in [0.15, 0.2) is 42.5 Å². The lowest BCUT2D eigenvalue weighted by Gasteiger charge is -2.40. The number of thioether (sulfide) groups is 1. The largest absolute Gasteiger partial charge is 0.465 e. The van der Waals surface area contributed by atoms with Crippen molar-refractivity contribution in [3.63, 3.8) is 0 Å². The highest BCUT2D eigenvalue weighted by molar-refractivity contribution is 8.02. The number of likely N-dealkylation sites (tertiary alicyclic amines) is 1. The van der Waals surface area contributed by atoms with Gasteiger partial charge >= 0.3 is 5.97 Å². The molecule has 1 N–H and O–H groups in total. The quantitative estimate of drug-likeness (QED) is 0.431. The maximum atomic E-state index is 14.7. The number of carbonyl (C=O) groups excluding carboxylic acids is 3. The molecule has 7 nitrogen and oxygen atoms in total. The Kier molecular flexibility index (Phi) is 7.20. The molecule has 2 fully saturated rings. The van der Waals surface area contributed by atoms with Gasteiger partial charge in [0.25, 0.3) is 5.91 Å². The molecule has 1 spiro atoms. The summed E-state index contributed by atoms with van der Waals surface area (Å²) in [5, 5.41) is 10.9. The van der Waals surface area contributed by atoms with Gasteiger partial charge < -0.3 is 19.6 Å². The number of hydrogen-bond acceptors (Lipinski definition) is 6. The van der Waals surface area contributed by atoms with Crippen LogP contribution in [0.4, 0.5) is 5.69 Å². The smallest absolute Gasteiger partial charge is 0.311 e. The predicted octanol–water partition coefficient (Wildman–Crippen LogP) is 4.15. The van der Waals surface area contributed by atoms with Crippen LogP contribution in [-0.4, -0.2) is 69.1 Å². The normalized spacial score (nSPS) is 33.4. The highest BCUT2D eigenvalue weighted by Crippen LogP contribution is 2.65. The van der Waals surface area contributed by atoms with Crippen molar-refractivity contribution in [3.8, 4) is 0 Å². The first-order chi connectivity index (χ1) is 18.1. The molecule has 1 aromatic carbocycles. The lowest BCUT2D eigenvalue weighted by atomic mass is 9.74. The molecule has 5 rings (SSSR count). The van der Waals surface area contributed by atoms with E-state index in [1.807, 2.05) is 64.1 Å². The summed E-state index contributed by atoms with van der Waals surface area (Å²) in [4.78, 5) is 45.8. The second-order valence-corrected chi connectivity index (χ2v) is 13.5. The zero-order valence-corrected chi connectivity index (χ0v) is 23.8. The summed E-state index contributed by atoms with van der Waals surface area (Å²) in [6.07, 6.45) is 9.03. The molecule has 0 radical (unpaired) electrons. The average molecular weight is 559 g/mol. The van der Waals surface area contributed by atoms with Crippen molar-refractivity contribution in [1.82, 2.24) is 4.90 Å². The van der Waals surface area contributed by atoms with Crippen molar-refractivity contribution < 1.29 is 24.2 Å². The Balaban J connectivity index is 1.70. The van der Waals surface area contributed by atoms with E-state index in [1.54, 1.807) is 15.9 Å². The number of amides is 2. The van der Waals surface area contributed by atoms with E-state index in [1.165, 1.54) is 11.8 Å². The number of carbonyl (C=O) groups is 3. The minimum Gasteiger partial charge on any atom is -0.465 e. The fourth-order valence-electron chi connectivity index (χ4n) is 6.81. The molecule has 2 amide bonds. The molecule has 38 heavy (non-hydrogen) atoms. The maximum absolute atomic E-state index is 14.7. The Hall–Kier alpha value is -2.29. The van der Waals surface area contributed by atoms with E-state index in [0.717, 1.165) is 5.56 Å². The minimum absolute atomic E-state index is 0.182. The Morgan fingerprint density at radius 2 is 1.92 bits per heavy atom. The van der Waals surface area contributed by atoms with E-state index >= 15 is 0 Å². The summed E-state index contributed by atoms with van der Waals surface area (Å²) in [6.45, 7) is 8.18. The number of rotatable bonds is 5. The highest BCUT2D eigenvalue weighted by atomic mass is 35.5. The Morgan fingerprint density at radius 1 is 1.16 bits per heavy atom. The third-order valence-electron chi connectivity index (χ3n) is 8.26. The van der Waals surface area contributed by atoms with Gasteiger partial charge in [0.1, 0.15) is 6.04 Å². The predicted molar refractivity (Wildman–Crippen MR) is 149 cm³/mol. The number of aryl methyl sites for hydroxylation is 1. The molecule has 0 saturated carbocycles. The standard InChI is InChI=1S/C29H35ClN2O5S/c1-17(2)15-19(16-33)32-24-26(35)31(23-18(3)9-7-10-20(23)30)13-8-12-29(24)21(25(32)34)22-27(36)37-14-6-5-11-28(22,4)38-29/h5,7-12,17,19,21-22,24,33H,6,13-16H2,1-4H3/t19-,21+,22+,24?,28-,29+/m1/s1. The van der Waals surface area contributed by atoms with Crippen molar-refractivity contribution in [2.45, 2.75) is 62.1 Å². The molecule has 4 heterocycles. The van der Waals surface area contributed by atoms with Gasteiger partial charge in [-0.3, -0.25) is 14.4 Å². The molecule has 4 aliphatic rings. The summed E-state index contributed by atoms with van der Waals surface area (Å²) >= 11 is 8.12. The third-order valence-corrected chi connectivity index (χ3v) is 10.4. The molecule has 6 atom stereocenters. The lowest BCUT2D eigenvalue weighted by molar-refractivity contribution is -0.154. The number of para-hydroxylation sites is 1. The van der Waals surface area contributed by atoms with Crippen molar-refractivity contribution in [2.75, 3.05) is 24.7 Å². The summed E-state index contributed by atoms with van der Waals surface area (Å²) in [7, 11) is 0. The van der Waals surface area contributed by atoms with E-state index < -0.39 is 39.4 Å². The summed E-state index contributed by atoms with van der Waals surface area (Å²) in [5.41, 5.74) is 1.46. The van der Waals surface area contributed by atoms with Crippen molar-refractivity contribution in [3.05, 3.63) is 53.1 Å². The number of anilines is 1. The Bertz CT molecular complexity index is 1200. The summed E-state index contributed by atoms with van der Waals surface area (Å²) in [5.74, 6) is -2.32. The monoisotopic (exact) mass is 558 g/mol. The van der Waals surface area contributed by atoms with E-state index in [0.29, 0.717) is 23.6 Å². The van der Waals surface area contributed by atoms with Crippen molar-refractivity contribution in [1.29, 1.82) is 0 Å². The summed E-state index contributed by atoms with van der Waals surface area (Å²) in [6, 6.07) is 4.02. The molecule has 0 bridgehead atoms. The van der Waals surface area contributed by atoms with Gasteiger partial charge in [0.15, 0.2) is 0 Å². The first kappa shape index (κ1) is 27.3. The molecule has 1 aromatic rings. The van der Waals surface area contributed by atoms with Crippen LogP contribution >= 0.6 is 23.4 Å². The molecule has 0 aromatic heterocycles. The van der Waals surface area contributed by atoms with Gasteiger partial charge in [0.05, 0.1) is 46.5 Å². The topological polar surface area (TPSA) is 87.2 Å². The molecule has 204 valence electrons. The average Bonchev–Trinajstić information content (AvgIpc) is 3.17. The molecule has 9 heteroatoms. The number of aliphatic hydroxyl groups excluding tert-OH is 1. The highest BCUT2D eigenvalue weighted by Gasteiger charge is 2.74. The second kappa shape index (κ2) is 10.0. The molecular weight excluding hydrogens is 524 g/mol. The molecular formula is C29H35ClN2O5S. The number of nitrogens with zero attached hydrogens (tertiary/aromatic N) is 2. The number of fused-ring (bicyclic) bond motifs is 2. The fraction of sp³-hybridized carbons (Fsp3) is 0.552. The molecule has 4 aliphatic heterocycles. The fourth-order valence-corrected chi connectivity index (χ4v) is 9.27. The number of ether oxygens (including phenoxy) is 1. The van der Waals surface area contributed by atoms with Crippen LogP contribution in [0.2, 0.25) is 5.02 Å². The van der Waals surface area contributed by atoms with Crippen LogP contribution in [0.3, 0.4) is 0 Å². The Morgan fingerprint density at radius 3 is 2.61 bits per heavy atom. The number of esters is 1. The third kappa shape index (κ3) is 4.11. The van der Waals surface area contributed by atoms with Crippen LogP contribution in [0.25, 0.3) is 0 Å². The van der Waals surface area contributed by atoms with Crippen molar-refractivity contribution >= 4 is 46.8 Å². The number of benzene rings is 1. The second-order valence-electron chi connectivity index (χ2n) is 11.3. The van der Waals surface area contributed by atoms with Gasteiger partial charge in [0, 0.05) is 11.3 Å². The van der Waals surface area contributed by atoms with E-state index in [-0.39, 0.29) is 37.5 Å². The van der Waals surface area contributed by atoms with Crippen LogP contribution in [0, 0.1) is 24.7 Å². The van der Waals surface area contributed by atoms with Crippen molar-refractivity contribution in [2.24, 2.45) is 17.8 Å². The first-order valence-electron chi connectivity index (χ1n) is 13.3. The Labute approximate surface area is 233 Å². The lowest BCUT2D eigenvalue weighted by Crippen LogP contribution is -2.57. The minimum atomic E-state index is -1.00.